The van der Waals surface area contributed by atoms with Crippen LogP contribution in [-0.4, -0.2) is 39.3 Å². The Morgan fingerprint density at radius 2 is 1.91 bits per heavy atom. The molecule has 0 bridgehead atoms. The molecule has 0 unspecified atom stereocenters. The lowest BCUT2D eigenvalue weighted by Gasteiger charge is -2.25. The summed E-state index contributed by atoms with van der Waals surface area (Å²) >= 11 is 0. The number of fused-ring (bicyclic) bond motifs is 1. The monoisotopic (exact) mass is 430 g/mol. The number of para-hydroxylation sites is 1. The molecule has 1 aliphatic heterocycles. The number of H-pyrrole nitrogens is 1. The van der Waals surface area contributed by atoms with E-state index in [0.717, 1.165) is 24.2 Å². The van der Waals surface area contributed by atoms with Gasteiger partial charge < -0.3 is 14.8 Å². The van der Waals surface area contributed by atoms with Gasteiger partial charge in [-0.15, -0.1) is 0 Å². The quantitative estimate of drug-likeness (QED) is 0.607. The molecule has 4 rings (SSSR count). The maximum atomic E-state index is 12.9. The van der Waals surface area contributed by atoms with Crippen LogP contribution >= 0.6 is 0 Å². The summed E-state index contributed by atoms with van der Waals surface area (Å²) in [5, 5.41) is 0.526. The van der Waals surface area contributed by atoms with Crippen molar-refractivity contribution in [1.82, 2.24) is 14.9 Å². The number of benzene rings is 2. The zero-order valence-electron chi connectivity index (χ0n) is 18.2. The molecule has 0 atom stereocenters. The third kappa shape index (κ3) is 4.61. The first-order valence-corrected chi connectivity index (χ1v) is 10.8. The first-order valence-electron chi connectivity index (χ1n) is 10.8. The second-order valence-corrected chi connectivity index (χ2v) is 8.16. The highest BCUT2D eigenvalue weighted by Gasteiger charge is 2.21. The highest BCUT2D eigenvalue weighted by atomic mass is 16.2. The van der Waals surface area contributed by atoms with Gasteiger partial charge in [-0.05, 0) is 56.2 Å². The minimum Gasteiger partial charge on any atom is -0.329 e. The predicted octanol–water partition coefficient (Wildman–Crippen LogP) is 3.50. The van der Waals surface area contributed by atoms with Gasteiger partial charge in [-0.25, -0.2) is 4.98 Å². The van der Waals surface area contributed by atoms with Crippen molar-refractivity contribution < 1.29 is 9.59 Å². The highest BCUT2D eigenvalue weighted by molar-refractivity contribution is 5.95. The van der Waals surface area contributed by atoms with Crippen LogP contribution in [0, 0.1) is 0 Å². The van der Waals surface area contributed by atoms with Gasteiger partial charge in [-0.1, -0.05) is 24.3 Å². The van der Waals surface area contributed by atoms with Gasteiger partial charge in [0.1, 0.15) is 5.82 Å². The highest BCUT2D eigenvalue weighted by Crippen LogP contribution is 2.22. The molecule has 164 valence electrons. The molecule has 1 N–H and O–H groups in total. The molecule has 0 aliphatic carbocycles. The molecule has 1 aromatic heterocycles. The SMILES string of the molecule is CC(C)N(Cc1nc2ccccc2c(=O)[nH]1)C(=O)/C=C\c1ccc(N2CCCC2=O)cc1. The van der Waals surface area contributed by atoms with Crippen LogP contribution in [0.2, 0.25) is 0 Å². The van der Waals surface area contributed by atoms with Crippen LogP contribution in [0.1, 0.15) is 38.1 Å². The van der Waals surface area contributed by atoms with Crippen LogP contribution in [0.3, 0.4) is 0 Å². The zero-order valence-corrected chi connectivity index (χ0v) is 18.2. The number of carbonyl (C=O) groups excluding carboxylic acids is 2. The van der Waals surface area contributed by atoms with Crippen molar-refractivity contribution in [3.05, 3.63) is 76.3 Å². The number of nitrogens with one attached hydrogen (secondary N) is 1. The molecule has 0 saturated carbocycles. The van der Waals surface area contributed by atoms with Crippen molar-refractivity contribution in [3.8, 4) is 0 Å². The molecule has 1 saturated heterocycles. The summed E-state index contributed by atoms with van der Waals surface area (Å²) < 4.78 is 0. The van der Waals surface area contributed by atoms with Crippen molar-refractivity contribution in [2.75, 3.05) is 11.4 Å². The van der Waals surface area contributed by atoms with Crippen molar-refractivity contribution >= 4 is 34.5 Å². The van der Waals surface area contributed by atoms with E-state index in [1.807, 2.05) is 44.2 Å². The number of carbonyl (C=O) groups is 2. The van der Waals surface area contributed by atoms with Crippen molar-refractivity contribution in [3.63, 3.8) is 0 Å². The smallest absolute Gasteiger partial charge is 0.258 e. The fourth-order valence-electron chi connectivity index (χ4n) is 3.84. The standard InChI is InChI=1S/C25H26N4O3/c1-17(2)29(16-22-26-21-7-4-3-6-20(21)25(32)27-22)24(31)14-11-18-9-12-19(13-10-18)28-15-5-8-23(28)30/h3-4,6-7,9-14,17H,5,8,15-16H2,1-2H3,(H,26,27,32)/b14-11-. The van der Waals surface area contributed by atoms with E-state index in [1.165, 1.54) is 6.08 Å². The topological polar surface area (TPSA) is 86.4 Å². The van der Waals surface area contributed by atoms with Gasteiger partial charge in [0, 0.05) is 30.8 Å². The van der Waals surface area contributed by atoms with E-state index in [4.69, 9.17) is 0 Å². The third-order valence-electron chi connectivity index (χ3n) is 5.58. The number of aromatic amines is 1. The van der Waals surface area contributed by atoms with Gasteiger partial charge in [0.15, 0.2) is 0 Å². The van der Waals surface area contributed by atoms with Crippen LogP contribution in [0.25, 0.3) is 17.0 Å². The normalized spacial score (nSPS) is 14.1. The summed E-state index contributed by atoms with van der Waals surface area (Å²) in [6.45, 7) is 4.80. The summed E-state index contributed by atoms with van der Waals surface area (Å²) in [5.74, 6) is 0.426. The lowest BCUT2D eigenvalue weighted by atomic mass is 10.1. The van der Waals surface area contributed by atoms with Gasteiger partial charge in [0.25, 0.3) is 5.56 Å². The number of hydrogen-bond donors (Lipinski definition) is 1. The lowest BCUT2D eigenvalue weighted by Crippen LogP contribution is -2.36. The molecule has 2 amide bonds. The number of rotatable bonds is 6. The largest absolute Gasteiger partial charge is 0.329 e. The minimum absolute atomic E-state index is 0.0764. The van der Waals surface area contributed by atoms with E-state index >= 15 is 0 Å². The van der Waals surface area contributed by atoms with Crippen LogP contribution in [0.4, 0.5) is 5.69 Å². The molecule has 7 heteroatoms. The van der Waals surface area contributed by atoms with E-state index in [2.05, 4.69) is 9.97 Å². The first-order chi connectivity index (χ1) is 15.4. The summed E-state index contributed by atoms with van der Waals surface area (Å²) in [7, 11) is 0. The number of nitrogens with zero attached hydrogens (tertiary/aromatic N) is 3. The summed E-state index contributed by atoms with van der Waals surface area (Å²) in [4.78, 5) is 47.9. The van der Waals surface area contributed by atoms with E-state index in [-0.39, 0.29) is 30.0 Å². The second kappa shape index (κ2) is 9.18. The third-order valence-corrected chi connectivity index (χ3v) is 5.58. The molecule has 32 heavy (non-hydrogen) atoms. The molecule has 0 spiro atoms. The molecule has 0 radical (unpaired) electrons. The molecule has 1 fully saturated rings. The Kier molecular flexibility index (Phi) is 6.16. The van der Waals surface area contributed by atoms with E-state index in [0.29, 0.717) is 23.1 Å². The Hall–Kier alpha value is -3.74. The first kappa shape index (κ1) is 21.5. The van der Waals surface area contributed by atoms with Gasteiger partial charge in [-0.2, -0.15) is 0 Å². The van der Waals surface area contributed by atoms with Gasteiger partial charge in [-0.3, -0.25) is 14.4 Å². The summed E-state index contributed by atoms with van der Waals surface area (Å²) in [6.07, 6.45) is 4.76. The second-order valence-electron chi connectivity index (χ2n) is 8.16. The molecule has 1 aliphatic rings. The fraction of sp³-hybridized carbons (Fsp3) is 0.280. The summed E-state index contributed by atoms with van der Waals surface area (Å²) in [6, 6.07) is 14.7. The number of anilines is 1. The van der Waals surface area contributed by atoms with Crippen LogP contribution < -0.4 is 10.5 Å². The van der Waals surface area contributed by atoms with Crippen molar-refractivity contribution in [2.45, 2.75) is 39.3 Å². The van der Waals surface area contributed by atoms with Crippen molar-refractivity contribution in [2.24, 2.45) is 0 Å². The maximum absolute atomic E-state index is 12.9. The average Bonchev–Trinajstić information content (AvgIpc) is 3.22. The molecular formula is C25H26N4O3. The van der Waals surface area contributed by atoms with Gasteiger partial charge >= 0.3 is 0 Å². The minimum atomic E-state index is -0.214. The number of aromatic nitrogens is 2. The molecule has 7 nitrogen and oxygen atoms in total. The fourth-order valence-corrected chi connectivity index (χ4v) is 3.84. The maximum Gasteiger partial charge on any atom is 0.258 e. The average molecular weight is 431 g/mol. The molecule has 3 aromatic rings. The Labute approximate surface area is 186 Å². The van der Waals surface area contributed by atoms with Gasteiger partial charge in [0.2, 0.25) is 11.8 Å². The predicted molar refractivity (Wildman–Crippen MR) is 125 cm³/mol. The van der Waals surface area contributed by atoms with Crippen LogP contribution in [0.5, 0.6) is 0 Å². The Morgan fingerprint density at radius 3 is 2.59 bits per heavy atom. The van der Waals surface area contributed by atoms with Crippen molar-refractivity contribution in [1.29, 1.82) is 0 Å². The van der Waals surface area contributed by atoms with Gasteiger partial charge in [0.05, 0.1) is 17.4 Å². The molecule has 2 aromatic carbocycles. The lowest BCUT2D eigenvalue weighted by molar-refractivity contribution is -0.128. The Bertz CT molecular complexity index is 1230. The number of amides is 2. The van der Waals surface area contributed by atoms with E-state index in [9.17, 15) is 14.4 Å². The van der Waals surface area contributed by atoms with Crippen LogP contribution in [-0.2, 0) is 16.1 Å². The molecule has 2 heterocycles. The van der Waals surface area contributed by atoms with Crippen LogP contribution in [0.15, 0.2) is 59.4 Å². The molecular weight excluding hydrogens is 404 g/mol. The number of hydrogen-bond acceptors (Lipinski definition) is 4. The Balaban J connectivity index is 1.48. The van der Waals surface area contributed by atoms with E-state index in [1.54, 1.807) is 34.1 Å². The zero-order chi connectivity index (χ0) is 22.7. The summed E-state index contributed by atoms with van der Waals surface area (Å²) in [5.41, 5.74) is 2.14. The van der Waals surface area contributed by atoms with E-state index < -0.39 is 0 Å². The Morgan fingerprint density at radius 1 is 1.16 bits per heavy atom.